The standard InChI is InChI=1S/C13H14F3NO/c1-7-2-3-11(18)13(17,6-7)9-4-8(14)5-10(15)12(9)16/h4-5,7H,2-3,6,17H2,1H3. The van der Waals surface area contributed by atoms with Gasteiger partial charge >= 0.3 is 0 Å². The summed E-state index contributed by atoms with van der Waals surface area (Å²) in [7, 11) is 0. The molecule has 1 aromatic rings. The molecule has 2 N–H and O–H groups in total. The highest BCUT2D eigenvalue weighted by molar-refractivity contribution is 5.90. The molecular weight excluding hydrogens is 243 g/mol. The molecule has 0 saturated heterocycles. The van der Waals surface area contributed by atoms with Crippen LogP contribution in [0.25, 0.3) is 0 Å². The van der Waals surface area contributed by atoms with Gasteiger partial charge in [0, 0.05) is 18.1 Å². The van der Waals surface area contributed by atoms with Crippen molar-refractivity contribution in [1.82, 2.24) is 0 Å². The summed E-state index contributed by atoms with van der Waals surface area (Å²) in [5.41, 5.74) is 3.93. The zero-order valence-electron chi connectivity index (χ0n) is 9.97. The number of nitrogens with two attached hydrogens (primary N) is 1. The lowest BCUT2D eigenvalue weighted by molar-refractivity contribution is -0.127. The molecule has 1 saturated carbocycles. The van der Waals surface area contributed by atoms with Crippen molar-refractivity contribution in [3.63, 3.8) is 0 Å². The van der Waals surface area contributed by atoms with Crippen LogP contribution in [0.15, 0.2) is 12.1 Å². The summed E-state index contributed by atoms with van der Waals surface area (Å²) >= 11 is 0. The van der Waals surface area contributed by atoms with E-state index in [1.807, 2.05) is 6.92 Å². The summed E-state index contributed by atoms with van der Waals surface area (Å²) < 4.78 is 40.1. The molecule has 0 radical (unpaired) electrons. The Morgan fingerprint density at radius 3 is 2.67 bits per heavy atom. The molecule has 2 nitrogen and oxygen atoms in total. The largest absolute Gasteiger partial charge is 0.315 e. The van der Waals surface area contributed by atoms with Crippen LogP contribution in [0.4, 0.5) is 13.2 Å². The highest BCUT2D eigenvalue weighted by Crippen LogP contribution is 2.37. The summed E-state index contributed by atoms with van der Waals surface area (Å²) in [4.78, 5) is 11.9. The first kappa shape index (κ1) is 13.1. The number of Topliss-reactive ketones (excluding diaryl/α,β-unsaturated/α-hetero) is 1. The van der Waals surface area contributed by atoms with Crippen LogP contribution in [0.3, 0.4) is 0 Å². The summed E-state index contributed by atoms with van der Waals surface area (Å²) in [5.74, 6) is -3.75. The number of carbonyl (C=O) groups excluding carboxylic acids is 1. The highest BCUT2D eigenvalue weighted by atomic mass is 19.2. The van der Waals surface area contributed by atoms with Crippen molar-refractivity contribution in [2.45, 2.75) is 31.7 Å². The van der Waals surface area contributed by atoms with E-state index in [1.165, 1.54) is 0 Å². The highest BCUT2D eigenvalue weighted by Gasteiger charge is 2.42. The second-order valence-electron chi connectivity index (χ2n) is 4.99. The average Bonchev–Trinajstić information content (AvgIpc) is 2.29. The van der Waals surface area contributed by atoms with E-state index in [0.717, 1.165) is 6.07 Å². The number of benzene rings is 1. The maximum absolute atomic E-state index is 13.7. The van der Waals surface area contributed by atoms with Crippen molar-refractivity contribution >= 4 is 5.78 Å². The van der Waals surface area contributed by atoms with E-state index in [0.29, 0.717) is 12.5 Å². The van der Waals surface area contributed by atoms with Crippen LogP contribution in [-0.2, 0) is 10.3 Å². The maximum atomic E-state index is 13.7. The molecule has 2 rings (SSSR count). The van der Waals surface area contributed by atoms with Gasteiger partial charge in [-0.3, -0.25) is 4.79 Å². The molecule has 0 aromatic heterocycles. The van der Waals surface area contributed by atoms with Crippen molar-refractivity contribution in [3.05, 3.63) is 35.1 Å². The van der Waals surface area contributed by atoms with Crippen molar-refractivity contribution in [1.29, 1.82) is 0 Å². The van der Waals surface area contributed by atoms with E-state index in [9.17, 15) is 18.0 Å². The lowest BCUT2D eigenvalue weighted by atomic mass is 9.72. The van der Waals surface area contributed by atoms with Crippen LogP contribution in [0.5, 0.6) is 0 Å². The van der Waals surface area contributed by atoms with Gasteiger partial charge in [0.05, 0.1) is 0 Å². The van der Waals surface area contributed by atoms with Crippen LogP contribution in [0.2, 0.25) is 0 Å². The van der Waals surface area contributed by atoms with Gasteiger partial charge in [-0.1, -0.05) is 6.92 Å². The summed E-state index contributed by atoms with van der Waals surface area (Å²) in [5, 5.41) is 0. The number of hydrogen-bond acceptors (Lipinski definition) is 2. The van der Waals surface area contributed by atoms with E-state index in [-0.39, 0.29) is 30.1 Å². The minimum atomic E-state index is -1.62. The van der Waals surface area contributed by atoms with Crippen LogP contribution < -0.4 is 5.73 Å². The quantitative estimate of drug-likeness (QED) is 0.786. The fourth-order valence-electron chi connectivity index (χ4n) is 2.51. The van der Waals surface area contributed by atoms with Gasteiger partial charge in [-0.25, -0.2) is 13.2 Å². The number of carbonyl (C=O) groups is 1. The topological polar surface area (TPSA) is 43.1 Å². The van der Waals surface area contributed by atoms with E-state index in [2.05, 4.69) is 0 Å². The molecule has 1 aliphatic rings. The molecule has 98 valence electrons. The summed E-state index contributed by atoms with van der Waals surface area (Å²) in [6.07, 6.45) is 1.07. The third-order valence-corrected chi connectivity index (χ3v) is 3.51. The third kappa shape index (κ3) is 2.03. The second-order valence-corrected chi connectivity index (χ2v) is 4.99. The fourth-order valence-corrected chi connectivity index (χ4v) is 2.51. The summed E-state index contributed by atoms with van der Waals surface area (Å²) in [6, 6.07) is 1.26. The van der Waals surface area contributed by atoms with Crippen LogP contribution in [-0.4, -0.2) is 5.78 Å². The molecule has 1 aliphatic carbocycles. The fraction of sp³-hybridized carbons (Fsp3) is 0.462. The molecule has 5 heteroatoms. The average molecular weight is 257 g/mol. The monoisotopic (exact) mass is 257 g/mol. The molecule has 1 aromatic carbocycles. The molecule has 0 amide bonds. The minimum absolute atomic E-state index is 0.110. The van der Waals surface area contributed by atoms with E-state index >= 15 is 0 Å². The van der Waals surface area contributed by atoms with Gasteiger partial charge in [0.2, 0.25) is 0 Å². The Labute approximate surface area is 103 Å². The zero-order chi connectivity index (χ0) is 13.5. The SMILES string of the molecule is CC1CCC(=O)C(N)(c2cc(F)cc(F)c2F)C1. The van der Waals surface area contributed by atoms with Crippen LogP contribution in [0, 0.1) is 23.4 Å². The molecule has 2 atom stereocenters. The smallest absolute Gasteiger partial charge is 0.164 e. The number of ketones is 1. The molecule has 18 heavy (non-hydrogen) atoms. The van der Waals surface area contributed by atoms with Gasteiger partial charge in [0.25, 0.3) is 0 Å². The lowest BCUT2D eigenvalue weighted by Crippen LogP contribution is -2.49. The van der Waals surface area contributed by atoms with Crippen molar-refractivity contribution < 1.29 is 18.0 Å². The first-order valence-electron chi connectivity index (χ1n) is 5.82. The number of halogens is 3. The predicted molar refractivity (Wildman–Crippen MR) is 60.2 cm³/mol. The van der Waals surface area contributed by atoms with Gasteiger partial charge in [0.1, 0.15) is 11.4 Å². The van der Waals surface area contributed by atoms with Crippen molar-refractivity contribution in [3.8, 4) is 0 Å². The van der Waals surface area contributed by atoms with E-state index < -0.39 is 23.0 Å². The molecule has 1 fully saturated rings. The number of rotatable bonds is 1. The van der Waals surface area contributed by atoms with Gasteiger partial charge in [-0.15, -0.1) is 0 Å². The Morgan fingerprint density at radius 2 is 2.00 bits per heavy atom. The second kappa shape index (κ2) is 4.39. The Balaban J connectivity index is 2.55. The number of hydrogen-bond donors (Lipinski definition) is 1. The minimum Gasteiger partial charge on any atom is -0.315 e. The first-order chi connectivity index (χ1) is 8.34. The lowest BCUT2D eigenvalue weighted by Gasteiger charge is -2.35. The summed E-state index contributed by atoms with van der Waals surface area (Å²) in [6.45, 7) is 1.88. The maximum Gasteiger partial charge on any atom is 0.164 e. The van der Waals surface area contributed by atoms with Crippen LogP contribution >= 0.6 is 0 Å². The van der Waals surface area contributed by atoms with E-state index in [4.69, 9.17) is 5.73 Å². The van der Waals surface area contributed by atoms with Gasteiger partial charge in [-0.2, -0.15) is 0 Å². The molecular formula is C13H14F3NO. The molecule has 2 unspecified atom stereocenters. The van der Waals surface area contributed by atoms with E-state index in [1.54, 1.807) is 0 Å². The Hall–Kier alpha value is -1.36. The van der Waals surface area contributed by atoms with Crippen molar-refractivity contribution in [2.24, 2.45) is 11.7 Å². The normalized spacial score (nSPS) is 28.5. The molecule has 0 bridgehead atoms. The van der Waals surface area contributed by atoms with Gasteiger partial charge in [0.15, 0.2) is 17.4 Å². The Bertz CT molecular complexity index is 503. The Kier molecular flexibility index (Phi) is 3.19. The van der Waals surface area contributed by atoms with Crippen LogP contribution in [0.1, 0.15) is 31.7 Å². The predicted octanol–water partition coefficient (Wildman–Crippen LogP) is 2.65. The molecule has 0 heterocycles. The molecule has 0 aliphatic heterocycles. The van der Waals surface area contributed by atoms with Gasteiger partial charge in [-0.05, 0) is 24.8 Å². The Morgan fingerprint density at radius 1 is 1.33 bits per heavy atom. The zero-order valence-corrected chi connectivity index (χ0v) is 9.97. The van der Waals surface area contributed by atoms with Gasteiger partial charge < -0.3 is 5.73 Å². The third-order valence-electron chi connectivity index (χ3n) is 3.51. The first-order valence-corrected chi connectivity index (χ1v) is 5.82. The molecule has 0 spiro atoms. The van der Waals surface area contributed by atoms with Crippen molar-refractivity contribution in [2.75, 3.05) is 0 Å².